The Bertz CT molecular complexity index is 311. The van der Waals surface area contributed by atoms with Crippen LogP contribution >= 0.6 is 11.8 Å². The second-order valence-corrected chi connectivity index (χ2v) is 3.46. The summed E-state index contributed by atoms with van der Waals surface area (Å²) in [4.78, 5) is 10.7. The molecular formula is C7H10N2O3S. The van der Waals surface area contributed by atoms with Crippen molar-refractivity contribution >= 4 is 23.6 Å². The second-order valence-electron chi connectivity index (χ2n) is 2.38. The molecule has 72 valence electrons. The molecule has 0 atom stereocenters. The molecule has 0 saturated carbocycles. The van der Waals surface area contributed by atoms with Gasteiger partial charge >= 0.3 is 5.97 Å². The quantitative estimate of drug-likeness (QED) is 0.718. The van der Waals surface area contributed by atoms with Crippen LogP contribution in [0.2, 0.25) is 0 Å². The first-order chi connectivity index (χ1) is 6.16. The Hall–Kier alpha value is -1.17. The van der Waals surface area contributed by atoms with Crippen LogP contribution in [-0.4, -0.2) is 22.0 Å². The van der Waals surface area contributed by atoms with E-state index in [0.717, 1.165) is 12.2 Å². The predicted octanol–water partition coefficient (Wildman–Crippen LogP) is 1.46. The van der Waals surface area contributed by atoms with E-state index in [1.807, 2.05) is 6.92 Å². The van der Waals surface area contributed by atoms with Gasteiger partial charge in [-0.1, -0.05) is 12.1 Å². The topological polar surface area (TPSA) is 89.4 Å². The smallest absolute Gasteiger partial charge is 0.344 e. The molecular weight excluding hydrogens is 192 g/mol. The number of hydrogen-bond acceptors (Lipinski definition) is 5. The molecule has 0 aliphatic carbocycles. The Morgan fingerprint density at radius 3 is 3.00 bits per heavy atom. The van der Waals surface area contributed by atoms with Gasteiger partial charge in [0, 0.05) is 0 Å². The van der Waals surface area contributed by atoms with E-state index in [1.165, 1.54) is 11.8 Å². The third-order valence-corrected chi connectivity index (χ3v) is 2.51. The van der Waals surface area contributed by atoms with Crippen LogP contribution in [0.1, 0.15) is 23.7 Å². The van der Waals surface area contributed by atoms with E-state index in [9.17, 15) is 4.79 Å². The zero-order valence-electron chi connectivity index (χ0n) is 7.11. The lowest BCUT2D eigenvalue weighted by Crippen LogP contribution is -2.00. The molecule has 1 heterocycles. The Morgan fingerprint density at radius 2 is 2.46 bits per heavy atom. The van der Waals surface area contributed by atoms with E-state index in [2.05, 4.69) is 9.68 Å². The lowest BCUT2D eigenvalue weighted by atomic mass is 10.3. The van der Waals surface area contributed by atoms with Gasteiger partial charge in [-0.15, -0.1) is 11.8 Å². The average Bonchev–Trinajstić information content (AvgIpc) is 2.43. The van der Waals surface area contributed by atoms with E-state index in [0.29, 0.717) is 5.03 Å². The maximum Gasteiger partial charge on any atom is 0.344 e. The lowest BCUT2D eigenvalue weighted by Gasteiger charge is -1.94. The number of hydrogen-bond donors (Lipinski definition) is 2. The summed E-state index contributed by atoms with van der Waals surface area (Å²) in [5, 5.41) is 12.7. The summed E-state index contributed by atoms with van der Waals surface area (Å²) >= 11 is 1.33. The third kappa shape index (κ3) is 2.15. The number of aromatic nitrogens is 1. The van der Waals surface area contributed by atoms with E-state index >= 15 is 0 Å². The van der Waals surface area contributed by atoms with Gasteiger partial charge in [-0.2, -0.15) is 0 Å². The molecule has 0 saturated heterocycles. The molecule has 3 N–H and O–H groups in total. The van der Waals surface area contributed by atoms with Crippen LogP contribution in [0.5, 0.6) is 0 Å². The van der Waals surface area contributed by atoms with Crippen molar-refractivity contribution in [2.24, 2.45) is 0 Å². The Morgan fingerprint density at radius 1 is 1.77 bits per heavy atom. The summed E-state index contributed by atoms with van der Waals surface area (Å²) in [6.07, 6.45) is 0.941. The van der Waals surface area contributed by atoms with Gasteiger partial charge in [0.05, 0.1) is 0 Å². The summed E-state index contributed by atoms with van der Waals surface area (Å²) in [5.41, 5.74) is 5.26. The maximum absolute atomic E-state index is 10.7. The molecule has 6 heteroatoms. The number of thioether (sulfide) groups is 1. The maximum atomic E-state index is 10.7. The second kappa shape index (κ2) is 4.18. The van der Waals surface area contributed by atoms with Crippen LogP contribution in [0.3, 0.4) is 0 Å². The summed E-state index contributed by atoms with van der Waals surface area (Å²) in [6.45, 7) is 2.00. The SMILES string of the molecule is CCCSc1noc(N)c1C(=O)O. The third-order valence-electron chi connectivity index (χ3n) is 1.34. The summed E-state index contributed by atoms with van der Waals surface area (Å²) < 4.78 is 4.58. The van der Waals surface area contributed by atoms with Gasteiger partial charge in [0.1, 0.15) is 0 Å². The molecule has 5 nitrogen and oxygen atoms in total. The zero-order chi connectivity index (χ0) is 9.84. The van der Waals surface area contributed by atoms with Crippen LogP contribution in [0, 0.1) is 0 Å². The van der Waals surface area contributed by atoms with Crippen LogP contribution < -0.4 is 5.73 Å². The van der Waals surface area contributed by atoms with E-state index in [1.54, 1.807) is 0 Å². The Kier molecular flexibility index (Phi) is 3.18. The Balaban J connectivity index is 2.87. The molecule has 0 fully saturated rings. The van der Waals surface area contributed by atoms with Crippen molar-refractivity contribution in [3.05, 3.63) is 5.56 Å². The van der Waals surface area contributed by atoms with Gasteiger partial charge in [-0.3, -0.25) is 0 Å². The highest BCUT2D eigenvalue weighted by Gasteiger charge is 2.20. The standard InChI is InChI=1S/C7H10N2O3S/c1-2-3-13-6-4(7(10)11)5(8)12-9-6/h2-3,8H2,1H3,(H,10,11). The zero-order valence-corrected chi connectivity index (χ0v) is 7.93. The molecule has 1 rings (SSSR count). The highest BCUT2D eigenvalue weighted by molar-refractivity contribution is 7.99. The van der Waals surface area contributed by atoms with Crippen molar-refractivity contribution in [3.63, 3.8) is 0 Å². The van der Waals surface area contributed by atoms with Crippen LogP contribution in [0.4, 0.5) is 5.88 Å². The van der Waals surface area contributed by atoms with E-state index < -0.39 is 5.97 Å². The lowest BCUT2D eigenvalue weighted by molar-refractivity contribution is 0.0694. The highest BCUT2D eigenvalue weighted by atomic mass is 32.2. The molecule has 13 heavy (non-hydrogen) atoms. The summed E-state index contributed by atoms with van der Waals surface area (Å²) in [7, 11) is 0. The number of nitrogens with zero attached hydrogens (tertiary/aromatic N) is 1. The fraction of sp³-hybridized carbons (Fsp3) is 0.429. The number of carboxylic acids is 1. The molecule has 0 spiro atoms. The van der Waals surface area contributed by atoms with Crippen molar-refractivity contribution in [1.29, 1.82) is 0 Å². The predicted molar refractivity (Wildman–Crippen MR) is 48.9 cm³/mol. The van der Waals surface area contributed by atoms with Gasteiger partial charge in [0.15, 0.2) is 10.6 Å². The average molecular weight is 202 g/mol. The summed E-state index contributed by atoms with van der Waals surface area (Å²) in [6, 6.07) is 0. The highest BCUT2D eigenvalue weighted by Crippen LogP contribution is 2.26. The molecule has 1 aromatic heterocycles. The largest absolute Gasteiger partial charge is 0.477 e. The van der Waals surface area contributed by atoms with Gasteiger partial charge in [-0.25, -0.2) is 4.79 Å². The summed E-state index contributed by atoms with van der Waals surface area (Å²) in [5.74, 6) is -0.435. The number of aromatic carboxylic acids is 1. The van der Waals surface area contributed by atoms with Gasteiger partial charge in [0.25, 0.3) is 0 Å². The van der Waals surface area contributed by atoms with Gasteiger partial charge in [0.2, 0.25) is 5.88 Å². The first-order valence-corrected chi connectivity index (χ1v) is 4.76. The van der Waals surface area contributed by atoms with Crippen molar-refractivity contribution in [2.45, 2.75) is 18.4 Å². The van der Waals surface area contributed by atoms with Crippen LogP contribution in [0.25, 0.3) is 0 Å². The number of rotatable bonds is 4. The van der Waals surface area contributed by atoms with Gasteiger partial charge in [-0.05, 0) is 12.2 Å². The molecule has 0 aliphatic heterocycles. The normalized spacial score (nSPS) is 10.2. The molecule has 1 aromatic rings. The molecule has 0 aromatic carbocycles. The molecule has 0 radical (unpaired) electrons. The van der Waals surface area contributed by atoms with E-state index in [-0.39, 0.29) is 11.4 Å². The minimum absolute atomic E-state index is 0.0292. The number of anilines is 1. The minimum Gasteiger partial charge on any atom is -0.477 e. The molecule has 0 aliphatic rings. The molecule has 0 bridgehead atoms. The molecule has 0 unspecified atom stereocenters. The first-order valence-electron chi connectivity index (χ1n) is 3.78. The minimum atomic E-state index is -1.10. The fourth-order valence-electron chi connectivity index (χ4n) is 0.781. The van der Waals surface area contributed by atoms with Crippen LogP contribution in [0.15, 0.2) is 9.55 Å². The first kappa shape index (κ1) is 9.91. The fourth-order valence-corrected chi connectivity index (χ4v) is 1.60. The van der Waals surface area contributed by atoms with E-state index in [4.69, 9.17) is 10.8 Å². The van der Waals surface area contributed by atoms with Crippen molar-refractivity contribution < 1.29 is 14.4 Å². The van der Waals surface area contributed by atoms with Crippen molar-refractivity contribution in [3.8, 4) is 0 Å². The van der Waals surface area contributed by atoms with Gasteiger partial charge < -0.3 is 15.4 Å². The van der Waals surface area contributed by atoms with Crippen molar-refractivity contribution in [2.75, 3.05) is 11.5 Å². The Labute approximate surface area is 79.3 Å². The number of nitrogen functional groups attached to an aromatic ring is 1. The number of nitrogens with two attached hydrogens (primary N) is 1. The van der Waals surface area contributed by atoms with Crippen molar-refractivity contribution in [1.82, 2.24) is 5.16 Å². The number of carbonyl (C=O) groups is 1. The molecule has 0 amide bonds. The van der Waals surface area contributed by atoms with Crippen LogP contribution in [-0.2, 0) is 0 Å². The monoisotopic (exact) mass is 202 g/mol. The number of carboxylic acid groups (broad SMARTS) is 1.